The van der Waals surface area contributed by atoms with Crippen LogP contribution in [0.4, 0.5) is 0 Å². The summed E-state index contributed by atoms with van der Waals surface area (Å²) in [6, 6.07) is 0. The van der Waals surface area contributed by atoms with Gasteiger partial charge in [-0.3, -0.25) is 0 Å². The van der Waals surface area contributed by atoms with E-state index in [1.807, 2.05) is 0 Å². The Labute approximate surface area is 160 Å². The van der Waals surface area contributed by atoms with E-state index in [4.69, 9.17) is 11.5 Å². The number of hydrogen-bond acceptors (Lipinski definition) is 2. The molecule has 0 aromatic heterocycles. The first-order valence-corrected chi connectivity index (χ1v) is 14.2. The summed E-state index contributed by atoms with van der Waals surface area (Å²) in [6.07, 6.45) is 21.1. The van der Waals surface area contributed by atoms with Crippen LogP contribution in [-0.2, 0) is 0 Å². The van der Waals surface area contributed by atoms with Gasteiger partial charge >= 0.3 is 160 Å². The van der Waals surface area contributed by atoms with Crippen LogP contribution in [0.2, 0.25) is 0 Å². The molecule has 0 bridgehead atoms. The third kappa shape index (κ3) is 10.3. The maximum atomic E-state index is 6.92. The molecule has 0 amide bonds. The molecule has 0 aromatic carbocycles. The van der Waals surface area contributed by atoms with Gasteiger partial charge in [0.1, 0.15) is 0 Å². The van der Waals surface area contributed by atoms with Gasteiger partial charge in [0, 0.05) is 0 Å². The Balaban J connectivity index is 5.11. The van der Waals surface area contributed by atoms with Crippen LogP contribution < -0.4 is 11.5 Å². The molecule has 4 N–H and O–H groups in total. The van der Waals surface area contributed by atoms with Crippen LogP contribution >= 0.6 is 7.26 Å². The fourth-order valence-corrected chi connectivity index (χ4v) is 9.98. The second kappa shape index (κ2) is 16.5. The zero-order valence-corrected chi connectivity index (χ0v) is 19.1. The third-order valence-corrected chi connectivity index (χ3v) is 12.3. The average Bonchev–Trinajstić information content (AvgIpc) is 2.62. The molecular weight excluding hydrogens is 323 g/mol. The van der Waals surface area contributed by atoms with Gasteiger partial charge in [0.2, 0.25) is 0 Å². The van der Waals surface area contributed by atoms with Crippen LogP contribution in [0.1, 0.15) is 118 Å². The number of nitrogens with two attached hydrogens (primary N) is 2. The molecule has 0 aliphatic carbocycles. The molecule has 0 radical (unpaired) electrons. The summed E-state index contributed by atoms with van der Waals surface area (Å²) in [5, 5.41) is 0. The van der Waals surface area contributed by atoms with Gasteiger partial charge in [-0.05, 0) is 0 Å². The van der Waals surface area contributed by atoms with E-state index in [1.54, 1.807) is 0 Å². The minimum absolute atomic E-state index is 0.419. The summed E-state index contributed by atoms with van der Waals surface area (Å²) in [6.45, 7) is 9.18. The van der Waals surface area contributed by atoms with Crippen molar-refractivity contribution in [2.24, 2.45) is 11.5 Å². The van der Waals surface area contributed by atoms with Crippen LogP contribution in [0.3, 0.4) is 0 Å². The summed E-state index contributed by atoms with van der Waals surface area (Å²) in [5.41, 5.74) is 13.8. The van der Waals surface area contributed by atoms with Crippen molar-refractivity contribution in [3.8, 4) is 0 Å². The molecule has 0 aliphatic rings. The van der Waals surface area contributed by atoms with Crippen molar-refractivity contribution in [3.05, 3.63) is 0 Å². The summed E-state index contributed by atoms with van der Waals surface area (Å²) in [7, 11) is -1.62. The third-order valence-electron chi connectivity index (χ3n) is 6.21. The van der Waals surface area contributed by atoms with Crippen LogP contribution in [-0.4, -0.2) is 23.9 Å². The molecule has 0 spiro atoms. The van der Waals surface area contributed by atoms with E-state index < -0.39 is 7.26 Å². The quantitative estimate of drug-likeness (QED) is 0.204. The molecule has 0 saturated heterocycles. The van der Waals surface area contributed by atoms with Crippen molar-refractivity contribution < 1.29 is 0 Å². The molecule has 3 heteroatoms. The van der Waals surface area contributed by atoms with E-state index in [-0.39, 0.29) is 0 Å². The second-order valence-electron chi connectivity index (χ2n) is 8.35. The normalized spacial score (nSPS) is 15.3. The topological polar surface area (TPSA) is 52.0 Å². The number of unbranched alkanes of at least 4 members (excludes halogenated alkanes) is 8. The zero-order chi connectivity index (χ0) is 19.0. The second-order valence-corrected chi connectivity index (χ2v) is 13.3. The first-order valence-electron chi connectivity index (χ1n) is 11.6. The van der Waals surface area contributed by atoms with Crippen molar-refractivity contribution in [2.45, 2.75) is 129 Å². The van der Waals surface area contributed by atoms with E-state index in [9.17, 15) is 0 Å². The van der Waals surface area contributed by atoms with E-state index in [1.165, 1.54) is 102 Å². The molecule has 154 valence electrons. The maximum absolute atomic E-state index is 6.92. The molecule has 0 aromatic rings. The van der Waals surface area contributed by atoms with E-state index in [2.05, 4.69) is 27.7 Å². The number of hydrogen-bond donors (Lipinski definition) is 2. The van der Waals surface area contributed by atoms with Gasteiger partial charge < -0.3 is 0 Å². The summed E-state index contributed by atoms with van der Waals surface area (Å²) >= 11 is 0. The van der Waals surface area contributed by atoms with Gasteiger partial charge in [-0.1, -0.05) is 0 Å². The Kier molecular flexibility index (Phi) is 16.7. The molecule has 25 heavy (non-hydrogen) atoms. The zero-order valence-electron chi connectivity index (χ0n) is 18.1. The van der Waals surface area contributed by atoms with Gasteiger partial charge in [0.25, 0.3) is 0 Å². The summed E-state index contributed by atoms with van der Waals surface area (Å²) in [4.78, 5) is 0. The van der Waals surface area contributed by atoms with Gasteiger partial charge in [0.15, 0.2) is 0 Å². The van der Waals surface area contributed by atoms with Gasteiger partial charge in [-0.25, -0.2) is 0 Å². The molecule has 0 aliphatic heterocycles. The van der Waals surface area contributed by atoms with Crippen LogP contribution in [0.15, 0.2) is 0 Å². The fraction of sp³-hybridized carbons (Fsp3) is 1.00. The van der Waals surface area contributed by atoms with Gasteiger partial charge in [-0.2, -0.15) is 0 Å². The standard InChI is InChI=1S/C22H51N2P/c1-5-9-13-15-19-25(20-16-14-10-6-2,21(23)17-11-7-3)22(24)18-12-8-4/h21-22,25H,5-20,23-24H2,1-4H3. The van der Waals surface area contributed by atoms with Crippen LogP contribution in [0.25, 0.3) is 0 Å². The molecular formula is C22H51N2P. The Bertz CT molecular complexity index is 255. The Morgan fingerprint density at radius 3 is 1.20 bits per heavy atom. The van der Waals surface area contributed by atoms with Crippen LogP contribution in [0.5, 0.6) is 0 Å². The SMILES string of the molecule is CCCCCC[PH](CCCCCC)(C(N)CCCC)C(N)CCCC. The van der Waals surface area contributed by atoms with Gasteiger partial charge in [0.05, 0.1) is 0 Å². The minimum atomic E-state index is -1.62. The molecule has 0 rings (SSSR count). The summed E-state index contributed by atoms with van der Waals surface area (Å²) < 4.78 is 0. The Hall–Kier alpha value is 0.350. The summed E-state index contributed by atoms with van der Waals surface area (Å²) in [5.74, 6) is 0.838. The Morgan fingerprint density at radius 1 is 0.520 bits per heavy atom. The fourth-order valence-electron chi connectivity index (χ4n) is 4.33. The predicted molar refractivity (Wildman–Crippen MR) is 121 cm³/mol. The monoisotopic (exact) mass is 374 g/mol. The van der Waals surface area contributed by atoms with E-state index in [0.29, 0.717) is 11.6 Å². The van der Waals surface area contributed by atoms with E-state index in [0.717, 1.165) is 0 Å². The average molecular weight is 375 g/mol. The van der Waals surface area contributed by atoms with Crippen molar-refractivity contribution >= 4 is 7.26 Å². The molecule has 2 nitrogen and oxygen atoms in total. The van der Waals surface area contributed by atoms with Crippen molar-refractivity contribution in [3.63, 3.8) is 0 Å². The van der Waals surface area contributed by atoms with Crippen molar-refractivity contribution in [2.75, 3.05) is 12.3 Å². The number of rotatable bonds is 18. The van der Waals surface area contributed by atoms with E-state index >= 15 is 0 Å². The predicted octanol–water partition coefficient (Wildman–Crippen LogP) is 6.85. The first-order chi connectivity index (χ1) is 12.1. The van der Waals surface area contributed by atoms with Gasteiger partial charge in [-0.15, -0.1) is 0 Å². The van der Waals surface area contributed by atoms with Crippen molar-refractivity contribution in [1.29, 1.82) is 0 Å². The molecule has 0 saturated carbocycles. The van der Waals surface area contributed by atoms with Crippen LogP contribution in [0, 0.1) is 0 Å². The molecule has 2 atom stereocenters. The first kappa shape index (κ1) is 25.4. The van der Waals surface area contributed by atoms with Crippen molar-refractivity contribution in [1.82, 2.24) is 0 Å². The molecule has 2 unspecified atom stereocenters. The Morgan fingerprint density at radius 2 is 0.880 bits per heavy atom. The molecule has 0 heterocycles. The molecule has 0 fully saturated rings.